The number of anilines is 1. The van der Waals surface area contributed by atoms with Crippen LogP contribution in [0, 0.1) is 5.82 Å². The van der Waals surface area contributed by atoms with Crippen molar-refractivity contribution in [3.05, 3.63) is 29.6 Å². The molecule has 0 saturated carbocycles. The maximum absolute atomic E-state index is 13.8. The summed E-state index contributed by atoms with van der Waals surface area (Å²) in [5, 5.41) is 0. The van der Waals surface area contributed by atoms with Crippen molar-refractivity contribution in [1.82, 2.24) is 4.90 Å². The van der Waals surface area contributed by atoms with E-state index in [0.29, 0.717) is 24.3 Å². The first-order chi connectivity index (χ1) is 8.11. The van der Waals surface area contributed by atoms with Gasteiger partial charge in [-0.2, -0.15) is 0 Å². The van der Waals surface area contributed by atoms with Gasteiger partial charge in [0.2, 0.25) is 0 Å². The van der Waals surface area contributed by atoms with Crippen LogP contribution in [0.1, 0.15) is 38.7 Å². The van der Waals surface area contributed by atoms with Gasteiger partial charge >= 0.3 is 0 Å². The van der Waals surface area contributed by atoms with Gasteiger partial charge in [-0.25, -0.2) is 4.39 Å². The summed E-state index contributed by atoms with van der Waals surface area (Å²) in [7, 11) is 0. The summed E-state index contributed by atoms with van der Waals surface area (Å²) in [5.74, 6) is -0.182. The number of hydrogen-bond donors (Lipinski definition) is 1. The smallest absolute Gasteiger partial charge is 0.129 e. The zero-order chi connectivity index (χ0) is 12.4. The summed E-state index contributed by atoms with van der Waals surface area (Å²) in [5.41, 5.74) is 6.81. The first-order valence-corrected chi connectivity index (χ1v) is 6.41. The van der Waals surface area contributed by atoms with Crippen molar-refractivity contribution in [2.45, 2.75) is 51.7 Å². The summed E-state index contributed by atoms with van der Waals surface area (Å²) in [6.45, 7) is 5.13. The van der Waals surface area contributed by atoms with Crippen LogP contribution in [-0.2, 0) is 6.54 Å². The van der Waals surface area contributed by atoms with Crippen molar-refractivity contribution in [2.24, 2.45) is 0 Å². The Morgan fingerprint density at radius 3 is 2.82 bits per heavy atom. The molecule has 1 aliphatic heterocycles. The molecule has 2 N–H and O–H groups in total. The van der Waals surface area contributed by atoms with Gasteiger partial charge < -0.3 is 5.73 Å². The molecular formula is C14H21FN2. The van der Waals surface area contributed by atoms with Crippen LogP contribution in [0.15, 0.2) is 18.2 Å². The summed E-state index contributed by atoms with van der Waals surface area (Å²) < 4.78 is 13.8. The molecule has 2 rings (SSSR count). The number of rotatable bonds is 3. The Balaban J connectivity index is 2.14. The Hall–Kier alpha value is -1.09. The van der Waals surface area contributed by atoms with Crippen LogP contribution >= 0.6 is 0 Å². The molecule has 0 spiro atoms. The zero-order valence-electron chi connectivity index (χ0n) is 10.6. The second kappa shape index (κ2) is 5.05. The third-order valence-corrected chi connectivity index (χ3v) is 3.85. The molecule has 1 saturated heterocycles. The molecule has 1 aromatic carbocycles. The third kappa shape index (κ3) is 2.60. The topological polar surface area (TPSA) is 29.3 Å². The van der Waals surface area contributed by atoms with Crippen molar-refractivity contribution in [2.75, 3.05) is 5.73 Å². The molecule has 1 aliphatic rings. The normalized spacial score (nSPS) is 25.4. The van der Waals surface area contributed by atoms with E-state index in [9.17, 15) is 4.39 Å². The van der Waals surface area contributed by atoms with Crippen molar-refractivity contribution < 1.29 is 4.39 Å². The van der Waals surface area contributed by atoms with Gasteiger partial charge in [0.25, 0.3) is 0 Å². The van der Waals surface area contributed by atoms with Crippen LogP contribution in [0.4, 0.5) is 10.1 Å². The molecule has 1 heterocycles. The number of likely N-dealkylation sites (tertiary alicyclic amines) is 1. The van der Waals surface area contributed by atoms with Crippen molar-refractivity contribution in [1.29, 1.82) is 0 Å². The van der Waals surface area contributed by atoms with E-state index in [1.54, 1.807) is 6.07 Å². The van der Waals surface area contributed by atoms with Crippen LogP contribution in [-0.4, -0.2) is 17.0 Å². The van der Waals surface area contributed by atoms with Gasteiger partial charge in [-0.15, -0.1) is 0 Å². The monoisotopic (exact) mass is 236 g/mol. The highest BCUT2D eigenvalue weighted by atomic mass is 19.1. The maximum Gasteiger partial charge on any atom is 0.129 e. The first-order valence-electron chi connectivity index (χ1n) is 6.41. The average Bonchev–Trinajstić information content (AvgIpc) is 2.64. The fourth-order valence-electron chi connectivity index (χ4n) is 2.74. The van der Waals surface area contributed by atoms with Crippen molar-refractivity contribution in [3.8, 4) is 0 Å². The van der Waals surface area contributed by atoms with Gasteiger partial charge in [0, 0.05) is 29.9 Å². The van der Waals surface area contributed by atoms with Gasteiger partial charge in [0.15, 0.2) is 0 Å². The van der Waals surface area contributed by atoms with Crippen LogP contribution in [0.5, 0.6) is 0 Å². The van der Waals surface area contributed by atoms with Crippen LogP contribution in [0.3, 0.4) is 0 Å². The third-order valence-electron chi connectivity index (χ3n) is 3.85. The molecule has 94 valence electrons. The second-order valence-electron chi connectivity index (χ2n) is 5.01. The molecular weight excluding hydrogens is 215 g/mol. The van der Waals surface area contributed by atoms with Crippen LogP contribution < -0.4 is 5.73 Å². The van der Waals surface area contributed by atoms with Crippen LogP contribution in [0.25, 0.3) is 0 Å². The van der Waals surface area contributed by atoms with Crippen molar-refractivity contribution in [3.63, 3.8) is 0 Å². The molecule has 0 aliphatic carbocycles. The number of nitrogens with zero attached hydrogens (tertiary/aromatic N) is 1. The second-order valence-corrected chi connectivity index (χ2v) is 5.01. The van der Waals surface area contributed by atoms with Gasteiger partial charge in [-0.05, 0) is 38.3 Å². The van der Waals surface area contributed by atoms with Gasteiger partial charge in [0.05, 0.1) is 0 Å². The molecule has 0 amide bonds. The Labute approximate surface area is 103 Å². The number of nitrogens with two attached hydrogens (primary N) is 1. The summed E-state index contributed by atoms with van der Waals surface area (Å²) in [6, 6.07) is 6.15. The largest absolute Gasteiger partial charge is 0.399 e. The molecule has 1 aromatic rings. The molecule has 2 nitrogen and oxygen atoms in total. The molecule has 3 heteroatoms. The Morgan fingerprint density at radius 1 is 1.41 bits per heavy atom. The minimum Gasteiger partial charge on any atom is -0.399 e. The van der Waals surface area contributed by atoms with E-state index in [2.05, 4.69) is 18.7 Å². The summed E-state index contributed by atoms with van der Waals surface area (Å²) in [6.07, 6.45) is 3.59. The predicted molar refractivity (Wildman–Crippen MR) is 69.1 cm³/mol. The Kier molecular flexibility index (Phi) is 3.67. The lowest BCUT2D eigenvalue weighted by atomic mass is 10.1. The van der Waals surface area contributed by atoms with E-state index in [-0.39, 0.29) is 5.82 Å². The summed E-state index contributed by atoms with van der Waals surface area (Å²) >= 11 is 0. The van der Waals surface area contributed by atoms with E-state index >= 15 is 0 Å². The number of hydrogen-bond acceptors (Lipinski definition) is 2. The van der Waals surface area contributed by atoms with Gasteiger partial charge in [0.1, 0.15) is 5.82 Å². The lowest BCUT2D eigenvalue weighted by molar-refractivity contribution is 0.187. The maximum atomic E-state index is 13.8. The highest BCUT2D eigenvalue weighted by molar-refractivity contribution is 5.40. The fraction of sp³-hybridized carbons (Fsp3) is 0.571. The van der Waals surface area contributed by atoms with E-state index in [1.807, 2.05) is 6.07 Å². The van der Waals surface area contributed by atoms with E-state index in [4.69, 9.17) is 5.73 Å². The number of nitrogen functional groups attached to an aromatic ring is 1. The molecule has 0 aromatic heterocycles. The zero-order valence-corrected chi connectivity index (χ0v) is 10.6. The molecule has 2 atom stereocenters. The van der Waals surface area contributed by atoms with E-state index < -0.39 is 0 Å². The lowest BCUT2D eigenvalue weighted by Gasteiger charge is -2.27. The number of benzene rings is 1. The van der Waals surface area contributed by atoms with Gasteiger partial charge in [-0.3, -0.25) is 4.90 Å². The molecule has 2 unspecified atom stereocenters. The Bertz CT molecular complexity index is 392. The molecule has 0 bridgehead atoms. The van der Waals surface area contributed by atoms with E-state index in [1.165, 1.54) is 18.9 Å². The molecule has 0 radical (unpaired) electrons. The lowest BCUT2D eigenvalue weighted by Crippen LogP contribution is -2.33. The number of halogens is 1. The Morgan fingerprint density at radius 2 is 2.18 bits per heavy atom. The molecule has 17 heavy (non-hydrogen) atoms. The minimum atomic E-state index is -0.182. The standard InChI is InChI=1S/C14H21FN2/c1-3-13-7-4-10(2)17(13)9-11-5-6-12(16)8-14(11)15/h5-6,8,10,13H,3-4,7,9,16H2,1-2H3. The highest BCUT2D eigenvalue weighted by Crippen LogP contribution is 2.28. The van der Waals surface area contributed by atoms with Gasteiger partial charge in [-0.1, -0.05) is 13.0 Å². The minimum absolute atomic E-state index is 0.182. The first kappa shape index (κ1) is 12.4. The summed E-state index contributed by atoms with van der Waals surface area (Å²) in [4.78, 5) is 2.41. The average molecular weight is 236 g/mol. The van der Waals surface area contributed by atoms with Crippen LogP contribution in [0.2, 0.25) is 0 Å². The van der Waals surface area contributed by atoms with Crippen molar-refractivity contribution >= 4 is 5.69 Å². The molecule has 1 fully saturated rings. The highest BCUT2D eigenvalue weighted by Gasteiger charge is 2.29. The SMILES string of the molecule is CCC1CCC(C)N1Cc1ccc(N)cc1F. The van der Waals surface area contributed by atoms with E-state index in [0.717, 1.165) is 12.0 Å². The predicted octanol–water partition coefficient (Wildman–Crippen LogP) is 3.17. The quantitative estimate of drug-likeness (QED) is 0.817. The fourth-order valence-corrected chi connectivity index (χ4v) is 2.74.